The van der Waals surface area contributed by atoms with Crippen LogP contribution in [0.25, 0.3) is 0 Å². The topological polar surface area (TPSA) is 37.3 Å². The van der Waals surface area contributed by atoms with Crippen LogP contribution in [0.5, 0.6) is 0 Å². The molecule has 0 aliphatic rings. The maximum absolute atomic E-state index is 10.3. The molecule has 0 aromatic heterocycles. The lowest BCUT2D eigenvalue weighted by Gasteiger charge is -2.03. The van der Waals surface area contributed by atoms with E-state index in [0.29, 0.717) is 0 Å². The van der Waals surface area contributed by atoms with Crippen molar-refractivity contribution in [3.63, 3.8) is 0 Å². The predicted octanol–water partition coefficient (Wildman–Crippen LogP) is 13.5. The van der Waals surface area contributed by atoms with E-state index >= 15 is 0 Å². The maximum atomic E-state index is 10.3. The molecular weight excluding hydrogens is 488 g/mol. The fraction of sp³-hybridized carbons (Fsp3) is 0.763. The van der Waals surface area contributed by atoms with E-state index in [9.17, 15) is 4.79 Å². The fourth-order valence-corrected chi connectivity index (χ4v) is 4.55. The first-order valence-corrected chi connectivity index (χ1v) is 17.5. The van der Waals surface area contributed by atoms with Crippen molar-refractivity contribution in [2.45, 2.75) is 188 Å². The highest BCUT2D eigenvalue weighted by Gasteiger charge is 1.94. The minimum atomic E-state index is -0.712. The van der Waals surface area contributed by atoms with Gasteiger partial charge in [-0.15, -0.1) is 0 Å². The Morgan fingerprint density at radius 3 is 1.00 bits per heavy atom. The van der Waals surface area contributed by atoms with Crippen molar-refractivity contribution >= 4 is 5.97 Å². The van der Waals surface area contributed by atoms with Gasteiger partial charge in [0.25, 0.3) is 0 Å². The highest BCUT2D eigenvalue weighted by atomic mass is 16.4. The summed E-state index contributed by atoms with van der Waals surface area (Å²) in [5, 5.41) is 8.49. The molecular formula is C38H70O2. The monoisotopic (exact) mass is 559 g/mol. The molecule has 0 aliphatic heterocycles. The van der Waals surface area contributed by atoms with Gasteiger partial charge in [0.05, 0.1) is 0 Å². The Bertz CT molecular complexity index is 568. The third-order valence-corrected chi connectivity index (χ3v) is 7.18. The van der Waals surface area contributed by atoms with Crippen LogP contribution in [0, 0.1) is 0 Å². The molecule has 2 nitrogen and oxygen atoms in total. The lowest BCUT2D eigenvalue weighted by Crippen LogP contribution is -1.92. The highest BCUT2D eigenvalue weighted by Crippen LogP contribution is 2.13. The van der Waals surface area contributed by atoms with Gasteiger partial charge in [-0.1, -0.05) is 185 Å². The lowest BCUT2D eigenvalue weighted by atomic mass is 10.0. The van der Waals surface area contributed by atoms with Gasteiger partial charge in [-0.05, 0) is 44.9 Å². The molecule has 0 radical (unpaired) electrons. The Labute approximate surface area is 251 Å². The zero-order valence-corrected chi connectivity index (χ0v) is 27.4. The summed E-state index contributed by atoms with van der Waals surface area (Å²) in [6, 6.07) is 0. The van der Waals surface area contributed by atoms with Gasteiger partial charge in [-0.3, -0.25) is 4.79 Å². The molecule has 0 aromatic rings. The van der Waals surface area contributed by atoms with Gasteiger partial charge in [0, 0.05) is 6.42 Å². The van der Waals surface area contributed by atoms with Crippen LogP contribution in [0.4, 0.5) is 0 Å². The number of hydrogen-bond donors (Lipinski definition) is 1. The van der Waals surface area contributed by atoms with Crippen molar-refractivity contribution in [3.05, 3.63) is 48.6 Å². The summed E-state index contributed by atoms with van der Waals surface area (Å²) in [5.41, 5.74) is 0. The van der Waals surface area contributed by atoms with Gasteiger partial charge >= 0.3 is 5.97 Å². The molecule has 0 heterocycles. The first kappa shape index (κ1) is 40.6. The summed E-state index contributed by atoms with van der Waals surface area (Å²) in [6.07, 6.45) is 50.8. The van der Waals surface area contributed by atoms with E-state index in [1.54, 1.807) is 0 Å². The minimum absolute atomic E-state index is 0.262. The molecule has 0 spiro atoms. The van der Waals surface area contributed by atoms with Gasteiger partial charge < -0.3 is 5.11 Å². The molecule has 234 valence electrons. The average Bonchev–Trinajstić information content (AvgIpc) is 2.95. The lowest BCUT2D eigenvalue weighted by molar-refractivity contribution is -0.137. The number of aliphatic carboxylic acids is 1. The third-order valence-electron chi connectivity index (χ3n) is 7.18. The van der Waals surface area contributed by atoms with E-state index in [0.717, 1.165) is 32.1 Å². The van der Waals surface area contributed by atoms with E-state index in [4.69, 9.17) is 5.11 Å². The molecule has 1 N–H and O–H groups in total. The molecule has 0 bridgehead atoms. The largest absolute Gasteiger partial charge is 0.481 e. The summed E-state index contributed by atoms with van der Waals surface area (Å²) >= 11 is 0. The molecule has 0 aliphatic carbocycles. The Balaban J connectivity index is 0. The Hall–Kier alpha value is -1.57. The molecule has 0 fully saturated rings. The summed E-state index contributed by atoms with van der Waals surface area (Å²) in [7, 11) is 0. The number of hydrogen-bond acceptors (Lipinski definition) is 1. The highest BCUT2D eigenvalue weighted by molar-refractivity contribution is 5.66. The smallest absolute Gasteiger partial charge is 0.303 e. The van der Waals surface area contributed by atoms with Crippen LogP contribution in [-0.2, 0) is 4.79 Å². The molecule has 0 rings (SSSR count). The average molecular weight is 559 g/mol. The normalized spacial score (nSPS) is 11.8. The van der Waals surface area contributed by atoms with Gasteiger partial charge in [-0.2, -0.15) is 0 Å². The van der Waals surface area contributed by atoms with Gasteiger partial charge in [-0.25, -0.2) is 0 Å². The Morgan fingerprint density at radius 1 is 0.400 bits per heavy atom. The SMILES string of the molecule is CCCCC/C=C\C/C=C\C/C=C\C/C=C\CCCC(=O)O.CCCCCCCCCCCCCCCCCC. The third kappa shape index (κ3) is 43.5. The van der Waals surface area contributed by atoms with Crippen LogP contribution < -0.4 is 0 Å². The molecule has 0 amide bonds. The predicted molar refractivity (Wildman–Crippen MR) is 181 cm³/mol. The number of carbonyl (C=O) groups is 1. The summed E-state index contributed by atoms with van der Waals surface area (Å²) in [6.45, 7) is 6.82. The number of unbranched alkanes of at least 4 members (excludes halogenated alkanes) is 19. The van der Waals surface area contributed by atoms with Crippen LogP contribution in [0.1, 0.15) is 188 Å². The van der Waals surface area contributed by atoms with E-state index in [2.05, 4.69) is 69.4 Å². The number of carboxylic acids is 1. The van der Waals surface area contributed by atoms with E-state index in [-0.39, 0.29) is 6.42 Å². The van der Waals surface area contributed by atoms with Crippen LogP contribution in [-0.4, -0.2) is 11.1 Å². The minimum Gasteiger partial charge on any atom is -0.481 e. The second kappa shape index (κ2) is 39.6. The maximum Gasteiger partial charge on any atom is 0.303 e. The van der Waals surface area contributed by atoms with Gasteiger partial charge in [0.2, 0.25) is 0 Å². The van der Waals surface area contributed by atoms with Crippen molar-refractivity contribution in [2.75, 3.05) is 0 Å². The summed E-state index contributed by atoms with van der Waals surface area (Å²) in [5.74, 6) is -0.712. The molecule has 40 heavy (non-hydrogen) atoms. The van der Waals surface area contributed by atoms with Crippen molar-refractivity contribution in [2.24, 2.45) is 0 Å². The second-order valence-electron chi connectivity index (χ2n) is 11.3. The first-order chi connectivity index (χ1) is 19.7. The van der Waals surface area contributed by atoms with Gasteiger partial charge in [0.15, 0.2) is 0 Å². The number of carboxylic acid groups (broad SMARTS) is 1. The molecule has 0 atom stereocenters. The van der Waals surface area contributed by atoms with Crippen molar-refractivity contribution in [3.8, 4) is 0 Å². The number of allylic oxidation sites excluding steroid dienone is 8. The van der Waals surface area contributed by atoms with Crippen molar-refractivity contribution in [1.82, 2.24) is 0 Å². The van der Waals surface area contributed by atoms with Gasteiger partial charge in [0.1, 0.15) is 0 Å². The van der Waals surface area contributed by atoms with Crippen LogP contribution in [0.3, 0.4) is 0 Å². The van der Waals surface area contributed by atoms with Crippen molar-refractivity contribution in [1.29, 1.82) is 0 Å². The van der Waals surface area contributed by atoms with Crippen LogP contribution in [0.2, 0.25) is 0 Å². The standard InChI is InChI=1S/C20H32O2.C18H38/c1-2-3-4-5-6-7-8-9-10-11-12-13-14-15-16-17-18-19-20(21)22;1-3-5-7-9-11-13-15-17-18-16-14-12-10-8-6-4-2/h6-7,9-10,12-13,15-16H,2-5,8,11,14,17-19H2,1H3,(H,21,22);3-18H2,1-2H3/b7-6-,10-9-,13-12-,16-15-;. The molecule has 0 saturated heterocycles. The molecule has 2 heteroatoms. The molecule has 0 saturated carbocycles. The fourth-order valence-electron chi connectivity index (χ4n) is 4.55. The zero-order chi connectivity index (χ0) is 29.6. The molecule has 0 unspecified atom stereocenters. The van der Waals surface area contributed by atoms with Crippen molar-refractivity contribution < 1.29 is 9.90 Å². The van der Waals surface area contributed by atoms with E-state index in [1.165, 1.54) is 128 Å². The van der Waals surface area contributed by atoms with Crippen LogP contribution in [0.15, 0.2) is 48.6 Å². The Morgan fingerprint density at radius 2 is 0.675 bits per heavy atom. The first-order valence-electron chi connectivity index (χ1n) is 17.5. The van der Waals surface area contributed by atoms with Crippen LogP contribution >= 0.6 is 0 Å². The number of rotatable bonds is 29. The Kier molecular flexibility index (Phi) is 40.1. The second-order valence-corrected chi connectivity index (χ2v) is 11.3. The van der Waals surface area contributed by atoms with E-state index in [1.807, 2.05) is 0 Å². The summed E-state index contributed by atoms with van der Waals surface area (Å²) in [4.78, 5) is 10.3. The summed E-state index contributed by atoms with van der Waals surface area (Å²) < 4.78 is 0. The van der Waals surface area contributed by atoms with E-state index < -0.39 is 5.97 Å². The quantitative estimate of drug-likeness (QED) is 0.0732. The zero-order valence-electron chi connectivity index (χ0n) is 27.4. The molecule has 0 aromatic carbocycles.